The van der Waals surface area contributed by atoms with Gasteiger partial charge in [-0.3, -0.25) is 4.28 Å². The van der Waals surface area contributed by atoms with Gasteiger partial charge in [-0.2, -0.15) is 21.6 Å². The number of rotatable bonds is 4. The number of benzene rings is 1. The maximum atomic E-state index is 12.3. The number of alkyl halides is 3. The molecule has 0 saturated heterocycles. The maximum absolute atomic E-state index is 12.3. The van der Waals surface area contributed by atoms with Crippen molar-refractivity contribution in [2.45, 2.75) is 25.8 Å². The summed E-state index contributed by atoms with van der Waals surface area (Å²) in [7, 11) is -5.76. The van der Waals surface area contributed by atoms with Gasteiger partial charge in [-0.05, 0) is 37.0 Å². The highest BCUT2D eigenvalue weighted by Gasteiger charge is 2.49. The Morgan fingerprint density at radius 2 is 1.96 bits per heavy atom. The lowest BCUT2D eigenvalue weighted by molar-refractivity contribution is -0.0540. The van der Waals surface area contributed by atoms with Crippen LogP contribution in [0.2, 0.25) is 0 Å². The molecule has 0 aromatic heterocycles. The lowest BCUT2D eigenvalue weighted by Crippen LogP contribution is -2.24. The summed E-state index contributed by atoms with van der Waals surface area (Å²) in [5.74, 6) is 0. The Bertz CT molecular complexity index is 879. The van der Waals surface area contributed by atoms with Gasteiger partial charge in [-0.25, -0.2) is 0 Å². The van der Waals surface area contributed by atoms with Crippen LogP contribution in [0, 0.1) is 6.92 Å². The van der Waals surface area contributed by atoms with Gasteiger partial charge in [0.15, 0.2) is 0 Å². The molecule has 8 heteroatoms. The van der Waals surface area contributed by atoms with Crippen LogP contribution in [-0.4, -0.2) is 19.6 Å². The summed E-state index contributed by atoms with van der Waals surface area (Å²) < 4.78 is 62.3. The summed E-state index contributed by atoms with van der Waals surface area (Å²) in [4.78, 5) is 0. The fourth-order valence-electron chi connectivity index (χ4n) is 2.22. The standard InChI is InChI=1S/C17H16F3NO3S/c1-12-11-15(14-7-5-3-4-6-8-14)9-10-16(12)13(2)21-24-25(22,23)17(18,19)20/h3,5-11H,4H2,1-2H3. The van der Waals surface area contributed by atoms with E-state index in [1.807, 2.05) is 36.4 Å². The number of aryl methyl sites for hydroxylation is 1. The lowest BCUT2D eigenvalue weighted by atomic mass is 9.97. The van der Waals surface area contributed by atoms with Crippen LogP contribution in [0.4, 0.5) is 13.2 Å². The number of oxime groups is 1. The Hall–Kier alpha value is -2.35. The van der Waals surface area contributed by atoms with Crippen LogP contribution in [0.3, 0.4) is 0 Å². The molecule has 0 N–H and O–H groups in total. The fourth-order valence-corrected chi connectivity index (χ4v) is 2.51. The summed E-state index contributed by atoms with van der Waals surface area (Å²) in [6, 6.07) is 5.30. The van der Waals surface area contributed by atoms with Crippen molar-refractivity contribution in [3.63, 3.8) is 0 Å². The summed E-state index contributed by atoms with van der Waals surface area (Å²) >= 11 is 0. The zero-order valence-electron chi connectivity index (χ0n) is 13.5. The number of allylic oxidation sites excluding steroid dienone is 6. The molecule has 0 radical (unpaired) electrons. The van der Waals surface area contributed by atoms with E-state index in [9.17, 15) is 21.6 Å². The zero-order valence-corrected chi connectivity index (χ0v) is 14.4. The van der Waals surface area contributed by atoms with E-state index in [4.69, 9.17) is 0 Å². The van der Waals surface area contributed by atoms with Crippen LogP contribution in [-0.2, 0) is 14.4 Å². The second kappa shape index (κ2) is 7.26. The van der Waals surface area contributed by atoms with E-state index >= 15 is 0 Å². The van der Waals surface area contributed by atoms with E-state index in [-0.39, 0.29) is 5.71 Å². The van der Waals surface area contributed by atoms with Crippen LogP contribution >= 0.6 is 0 Å². The highest BCUT2D eigenvalue weighted by atomic mass is 32.2. The van der Waals surface area contributed by atoms with E-state index in [0.717, 1.165) is 23.1 Å². The molecule has 0 spiro atoms. The molecule has 25 heavy (non-hydrogen) atoms. The minimum Gasteiger partial charge on any atom is -0.262 e. The second-order valence-corrected chi connectivity index (χ2v) is 6.89. The Morgan fingerprint density at radius 3 is 2.60 bits per heavy atom. The monoisotopic (exact) mass is 371 g/mol. The smallest absolute Gasteiger partial charge is 0.262 e. The van der Waals surface area contributed by atoms with Crippen LogP contribution in [0.15, 0.2) is 53.7 Å². The number of hydrogen-bond acceptors (Lipinski definition) is 4. The molecular weight excluding hydrogens is 355 g/mol. The molecule has 0 fully saturated rings. The Morgan fingerprint density at radius 1 is 1.24 bits per heavy atom. The summed E-state index contributed by atoms with van der Waals surface area (Å²) in [5.41, 5.74) is -2.33. The average Bonchev–Trinajstić information content (AvgIpc) is 2.80. The first kappa shape index (κ1) is 19.0. The predicted molar refractivity (Wildman–Crippen MR) is 90.3 cm³/mol. The molecule has 0 unspecified atom stereocenters. The van der Waals surface area contributed by atoms with Gasteiger partial charge in [0, 0.05) is 5.56 Å². The normalized spacial score (nSPS) is 15.7. The van der Waals surface area contributed by atoms with Crippen molar-refractivity contribution in [2.75, 3.05) is 0 Å². The molecule has 0 aliphatic heterocycles. The van der Waals surface area contributed by atoms with Crippen molar-refractivity contribution >= 4 is 21.4 Å². The predicted octanol–water partition coefficient (Wildman–Crippen LogP) is 4.48. The zero-order chi connectivity index (χ0) is 18.7. The highest BCUT2D eigenvalue weighted by molar-refractivity contribution is 7.87. The number of hydrogen-bond donors (Lipinski definition) is 0. The first-order valence-electron chi connectivity index (χ1n) is 7.31. The number of halogens is 3. The van der Waals surface area contributed by atoms with Crippen molar-refractivity contribution in [3.8, 4) is 0 Å². The largest absolute Gasteiger partial charge is 0.536 e. The molecule has 0 heterocycles. The van der Waals surface area contributed by atoms with Crippen LogP contribution in [0.5, 0.6) is 0 Å². The van der Waals surface area contributed by atoms with E-state index < -0.39 is 15.6 Å². The van der Waals surface area contributed by atoms with Gasteiger partial charge in [0.2, 0.25) is 0 Å². The van der Waals surface area contributed by atoms with E-state index in [1.54, 1.807) is 19.1 Å². The van der Waals surface area contributed by atoms with Crippen molar-refractivity contribution in [1.82, 2.24) is 0 Å². The van der Waals surface area contributed by atoms with Crippen molar-refractivity contribution in [1.29, 1.82) is 0 Å². The quantitative estimate of drug-likeness (QED) is 0.445. The third-order valence-electron chi connectivity index (χ3n) is 3.49. The van der Waals surface area contributed by atoms with E-state index in [2.05, 4.69) is 9.44 Å². The third-order valence-corrected chi connectivity index (χ3v) is 4.32. The maximum Gasteiger partial charge on any atom is 0.536 e. The van der Waals surface area contributed by atoms with Gasteiger partial charge < -0.3 is 0 Å². The molecule has 1 aliphatic rings. The van der Waals surface area contributed by atoms with Crippen molar-refractivity contribution < 1.29 is 25.9 Å². The molecule has 1 aromatic carbocycles. The van der Waals surface area contributed by atoms with E-state index in [0.29, 0.717) is 5.56 Å². The van der Waals surface area contributed by atoms with Crippen LogP contribution in [0.1, 0.15) is 30.0 Å². The first-order valence-corrected chi connectivity index (χ1v) is 8.72. The molecule has 2 rings (SSSR count). The van der Waals surface area contributed by atoms with Crippen molar-refractivity contribution in [3.05, 3.63) is 65.3 Å². The second-order valence-electron chi connectivity index (χ2n) is 5.37. The lowest BCUT2D eigenvalue weighted by Gasteiger charge is -2.10. The van der Waals surface area contributed by atoms with Gasteiger partial charge >= 0.3 is 15.6 Å². The number of nitrogens with zero attached hydrogens (tertiary/aromatic N) is 1. The van der Waals surface area contributed by atoms with Gasteiger partial charge in [0.25, 0.3) is 0 Å². The Balaban J connectivity index is 2.27. The third kappa shape index (κ3) is 4.60. The Labute approximate surface area is 144 Å². The average molecular weight is 371 g/mol. The first-order chi connectivity index (χ1) is 11.6. The van der Waals surface area contributed by atoms with Gasteiger partial charge in [0.1, 0.15) is 0 Å². The molecule has 0 atom stereocenters. The molecule has 1 aliphatic carbocycles. The van der Waals surface area contributed by atoms with Crippen molar-refractivity contribution in [2.24, 2.45) is 5.16 Å². The molecule has 0 amide bonds. The molecule has 1 aromatic rings. The fraction of sp³-hybridized carbons (Fsp3) is 0.235. The molecule has 0 saturated carbocycles. The SMILES string of the molecule is CC(=NOS(=O)(=O)C(F)(F)F)c1ccc(C2=CC=CCC=C2)cc1C. The molecule has 4 nitrogen and oxygen atoms in total. The minimum atomic E-state index is -5.76. The molecule has 134 valence electrons. The van der Waals surface area contributed by atoms with Crippen LogP contribution in [0.25, 0.3) is 5.57 Å². The molecular formula is C17H16F3NO3S. The topological polar surface area (TPSA) is 55.7 Å². The summed E-state index contributed by atoms with van der Waals surface area (Å²) in [6.45, 7) is 3.13. The Kier molecular flexibility index (Phi) is 5.52. The highest BCUT2D eigenvalue weighted by Crippen LogP contribution is 2.26. The summed E-state index contributed by atoms with van der Waals surface area (Å²) in [5, 5.41) is 3.12. The molecule has 0 bridgehead atoms. The van der Waals surface area contributed by atoms with Crippen LogP contribution < -0.4 is 0 Å². The van der Waals surface area contributed by atoms with Gasteiger partial charge in [-0.1, -0.05) is 53.7 Å². The van der Waals surface area contributed by atoms with E-state index in [1.165, 1.54) is 6.92 Å². The minimum absolute atomic E-state index is 0.0298. The van der Waals surface area contributed by atoms with Gasteiger partial charge in [0.05, 0.1) is 5.71 Å². The van der Waals surface area contributed by atoms with Gasteiger partial charge in [-0.15, -0.1) is 0 Å². The summed E-state index contributed by atoms with van der Waals surface area (Å²) in [6.07, 6.45) is 10.8.